The molecule has 1 saturated carbocycles. The molecular formula is C14H21N. The normalized spacial score (nSPS) is 29.9. The number of aryl methyl sites for hydroxylation is 1. The maximum absolute atomic E-state index is 3.34. The number of hydrogen-bond acceptors (Lipinski definition) is 1. The maximum Gasteiger partial charge on any atom is 0.00827 e. The molecule has 1 aliphatic rings. The molecule has 0 bridgehead atoms. The van der Waals surface area contributed by atoms with Crippen LogP contribution in [0.25, 0.3) is 0 Å². The first-order valence-corrected chi connectivity index (χ1v) is 5.88. The van der Waals surface area contributed by atoms with Crippen LogP contribution in [0.5, 0.6) is 0 Å². The van der Waals surface area contributed by atoms with Crippen LogP contribution in [0.2, 0.25) is 0 Å². The van der Waals surface area contributed by atoms with Gasteiger partial charge in [-0.1, -0.05) is 36.8 Å². The third-order valence-corrected chi connectivity index (χ3v) is 3.66. The molecule has 0 atom stereocenters. The summed E-state index contributed by atoms with van der Waals surface area (Å²) in [6, 6.07) is 9.07. The summed E-state index contributed by atoms with van der Waals surface area (Å²) in [5.74, 6) is 0.889. The van der Waals surface area contributed by atoms with Crippen LogP contribution < -0.4 is 5.32 Å². The van der Waals surface area contributed by atoms with Gasteiger partial charge in [-0.3, -0.25) is 0 Å². The molecule has 1 aromatic rings. The van der Waals surface area contributed by atoms with Crippen molar-refractivity contribution in [3.63, 3.8) is 0 Å². The van der Waals surface area contributed by atoms with E-state index in [1.54, 1.807) is 0 Å². The SMILES string of the molecule is CNCC1(c2ccc(C)cc2)CC(C)C1. The van der Waals surface area contributed by atoms with Crippen molar-refractivity contribution < 1.29 is 0 Å². The Labute approximate surface area is 92.9 Å². The van der Waals surface area contributed by atoms with E-state index in [2.05, 4.69) is 50.5 Å². The first-order chi connectivity index (χ1) is 7.16. The van der Waals surface area contributed by atoms with Crippen LogP contribution in [0.15, 0.2) is 24.3 Å². The standard InChI is InChI=1S/C14H21N/c1-11-4-6-13(7-5-11)14(10-15-3)8-12(2)9-14/h4-7,12,15H,8-10H2,1-3H3. The molecule has 0 spiro atoms. The highest BCUT2D eigenvalue weighted by Crippen LogP contribution is 2.47. The molecule has 1 aliphatic carbocycles. The molecule has 1 aromatic carbocycles. The van der Waals surface area contributed by atoms with Crippen molar-refractivity contribution in [3.05, 3.63) is 35.4 Å². The van der Waals surface area contributed by atoms with Gasteiger partial charge in [0.05, 0.1) is 0 Å². The third kappa shape index (κ3) is 1.93. The summed E-state index contributed by atoms with van der Waals surface area (Å²) in [4.78, 5) is 0. The predicted octanol–water partition coefficient (Wildman–Crippen LogP) is 2.88. The monoisotopic (exact) mass is 203 g/mol. The summed E-state index contributed by atoms with van der Waals surface area (Å²) >= 11 is 0. The molecule has 0 heterocycles. The van der Waals surface area contributed by atoms with Gasteiger partial charge in [-0.15, -0.1) is 0 Å². The Morgan fingerprint density at radius 3 is 2.33 bits per heavy atom. The first-order valence-electron chi connectivity index (χ1n) is 5.88. The maximum atomic E-state index is 3.34. The van der Waals surface area contributed by atoms with Gasteiger partial charge >= 0.3 is 0 Å². The first kappa shape index (κ1) is 10.7. The van der Waals surface area contributed by atoms with Gasteiger partial charge in [-0.05, 0) is 38.3 Å². The molecule has 1 heteroatoms. The van der Waals surface area contributed by atoms with E-state index in [4.69, 9.17) is 0 Å². The molecule has 1 N–H and O–H groups in total. The average molecular weight is 203 g/mol. The number of hydrogen-bond donors (Lipinski definition) is 1. The largest absolute Gasteiger partial charge is 0.319 e. The molecule has 82 valence electrons. The van der Waals surface area contributed by atoms with Crippen LogP contribution in [0.4, 0.5) is 0 Å². The number of benzene rings is 1. The van der Waals surface area contributed by atoms with E-state index in [9.17, 15) is 0 Å². The van der Waals surface area contributed by atoms with E-state index < -0.39 is 0 Å². The van der Waals surface area contributed by atoms with Gasteiger partial charge in [0.25, 0.3) is 0 Å². The smallest absolute Gasteiger partial charge is 0.00827 e. The minimum atomic E-state index is 0.419. The van der Waals surface area contributed by atoms with E-state index in [0.717, 1.165) is 12.5 Å². The summed E-state index contributed by atoms with van der Waals surface area (Å²) in [6.07, 6.45) is 2.66. The molecule has 2 rings (SSSR count). The van der Waals surface area contributed by atoms with Crippen LogP contribution in [0.3, 0.4) is 0 Å². The highest BCUT2D eigenvalue weighted by molar-refractivity contribution is 5.31. The summed E-state index contributed by atoms with van der Waals surface area (Å²) in [7, 11) is 2.05. The Kier molecular flexibility index (Phi) is 2.83. The zero-order chi connectivity index (χ0) is 10.9. The lowest BCUT2D eigenvalue weighted by Gasteiger charge is -2.47. The molecule has 15 heavy (non-hydrogen) atoms. The van der Waals surface area contributed by atoms with E-state index >= 15 is 0 Å². The van der Waals surface area contributed by atoms with Crippen molar-refractivity contribution in [2.24, 2.45) is 5.92 Å². The van der Waals surface area contributed by atoms with Gasteiger partial charge in [0.15, 0.2) is 0 Å². The molecule has 1 fully saturated rings. The number of likely N-dealkylation sites (N-methyl/N-ethyl adjacent to an activating group) is 1. The lowest BCUT2D eigenvalue weighted by atomic mass is 9.59. The van der Waals surface area contributed by atoms with Crippen LogP contribution in [-0.2, 0) is 5.41 Å². The molecule has 1 nitrogen and oxygen atoms in total. The van der Waals surface area contributed by atoms with Gasteiger partial charge in [-0.25, -0.2) is 0 Å². The summed E-state index contributed by atoms with van der Waals surface area (Å²) in [5, 5.41) is 3.34. The van der Waals surface area contributed by atoms with Crippen molar-refractivity contribution in [3.8, 4) is 0 Å². The van der Waals surface area contributed by atoms with Gasteiger partial charge in [0, 0.05) is 12.0 Å². The van der Waals surface area contributed by atoms with Gasteiger partial charge in [0.1, 0.15) is 0 Å². The topological polar surface area (TPSA) is 12.0 Å². The van der Waals surface area contributed by atoms with Crippen molar-refractivity contribution >= 4 is 0 Å². The Balaban J connectivity index is 2.22. The fourth-order valence-electron chi connectivity index (χ4n) is 3.00. The number of rotatable bonds is 3. The second-order valence-electron chi connectivity index (χ2n) is 5.19. The van der Waals surface area contributed by atoms with Crippen LogP contribution >= 0.6 is 0 Å². The van der Waals surface area contributed by atoms with Gasteiger partial charge in [-0.2, -0.15) is 0 Å². The Hall–Kier alpha value is -0.820. The fourth-order valence-corrected chi connectivity index (χ4v) is 3.00. The zero-order valence-electron chi connectivity index (χ0n) is 10.0. The molecule has 0 amide bonds. The van der Waals surface area contributed by atoms with E-state index in [0.29, 0.717) is 5.41 Å². The molecule has 0 aliphatic heterocycles. The second kappa shape index (κ2) is 3.97. The predicted molar refractivity (Wildman–Crippen MR) is 65.2 cm³/mol. The molecular weight excluding hydrogens is 182 g/mol. The minimum absolute atomic E-state index is 0.419. The molecule has 0 unspecified atom stereocenters. The molecule has 0 aromatic heterocycles. The summed E-state index contributed by atoms with van der Waals surface area (Å²) in [6.45, 7) is 5.61. The Bertz CT molecular complexity index is 314. The summed E-state index contributed by atoms with van der Waals surface area (Å²) in [5.41, 5.74) is 3.29. The van der Waals surface area contributed by atoms with E-state index in [1.807, 2.05) is 0 Å². The van der Waals surface area contributed by atoms with Gasteiger partial charge < -0.3 is 5.32 Å². The van der Waals surface area contributed by atoms with Crippen LogP contribution in [-0.4, -0.2) is 13.6 Å². The van der Waals surface area contributed by atoms with Crippen molar-refractivity contribution in [1.82, 2.24) is 5.32 Å². The molecule has 0 radical (unpaired) electrons. The van der Waals surface area contributed by atoms with E-state index in [-0.39, 0.29) is 0 Å². The Morgan fingerprint density at radius 2 is 1.87 bits per heavy atom. The van der Waals surface area contributed by atoms with Crippen molar-refractivity contribution in [1.29, 1.82) is 0 Å². The van der Waals surface area contributed by atoms with Crippen LogP contribution in [0, 0.1) is 12.8 Å². The number of nitrogens with one attached hydrogen (secondary N) is 1. The van der Waals surface area contributed by atoms with Crippen molar-refractivity contribution in [2.45, 2.75) is 32.1 Å². The van der Waals surface area contributed by atoms with E-state index in [1.165, 1.54) is 24.0 Å². The van der Waals surface area contributed by atoms with Crippen molar-refractivity contribution in [2.75, 3.05) is 13.6 Å². The zero-order valence-corrected chi connectivity index (χ0v) is 10.0. The summed E-state index contributed by atoms with van der Waals surface area (Å²) < 4.78 is 0. The highest BCUT2D eigenvalue weighted by atomic mass is 14.8. The second-order valence-corrected chi connectivity index (χ2v) is 5.19. The quantitative estimate of drug-likeness (QED) is 0.796. The fraction of sp³-hybridized carbons (Fsp3) is 0.571. The van der Waals surface area contributed by atoms with Crippen LogP contribution in [0.1, 0.15) is 30.9 Å². The highest BCUT2D eigenvalue weighted by Gasteiger charge is 2.42. The minimum Gasteiger partial charge on any atom is -0.319 e. The van der Waals surface area contributed by atoms with Gasteiger partial charge in [0.2, 0.25) is 0 Å². The molecule has 0 saturated heterocycles. The average Bonchev–Trinajstić information content (AvgIpc) is 2.16. The Morgan fingerprint density at radius 1 is 1.27 bits per heavy atom. The lowest BCUT2D eigenvalue weighted by Crippen LogP contribution is -2.47. The third-order valence-electron chi connectivity index (χ3n) is 3.66. The lowest BCUT2D eigenvalue weighted by molar-refractivity contribution is 0.155.